The van der Waals surface area contributed by atoms with Gasteiger partial charge in [0.15, 0.2) is 0 Å². The summed E-state index contributed by atoms with van der Waals surface area (Å²) in [6, 6.07) is -4.49. The van der Waals surface area contributed by atoms with Crippen LogP contribution in [-0.2, 0) is 28.8 Å². The van der Waals surface area contributed by atoms with Gasteiger partial charge in [-0.25, -0.2) is 0 Å². The van der Waals surface area contributed by atoms with E-state index < -0.39 is 59.9 Å². The Morgan fingerprint density at radius 2 is 1.37 bits per heavy atom. The van der Waals surface area contributed by atoms with E-state index in [0.717, 1.165) is 32.1 Å². The number of aliphatic hydroxyl groups is 1. The van der Waals surface area contributed by atoms with Crippen LogP contribution >= 0.6 is 11.8 Å². The summed E-state index contributed by atoms with van der Waals surface area (Å²) in [5, 5.41) is 21.5. The molecular formula is C37H64N6O7S. The molecule has 2 aliphatic heterocycles. The van der Waals surface area contributed by atoms with Crippen LogP contribution in [0.2, 0.25) is 0 Å². The lowest BCUT2D eigenvalue weighted by Gasteiger charge is -2.38. The van der Waals surface area contributed by atoms with Crippen molar-refractivity contribution in [2.75, 3.05) is 31.6 Å². The molecule has 1 saturated carbocycles. The number of likely N-dealkylation sites (tertiary alicyclic amines) is 2. The Morgan fingerprint density at radius 1 is 0.765 bits per heavy atom. The number of hydrogen-bond donors (Lipinski definition) is 5. The lowest BCUT2D eigenvalue weighted by atomic mass is 9.86. The average molecular weight is 737 g/mol. The third-order valence-electron chi connectivity index (χ3n) is 10.5. The van der Waals surface area contributed by atoms with Gasteiger partial charge in [0.25, 0.3) is 0 Å². The molecule has 0 aromatic rings. The zero-order valence-corrected chi connectivity index (χ0v) is 32.4. The van der Waals surface area contributed by atoms with Gasteiger partial charge in [-0.3, -0.25) is 28.8 Å². The largest absolute Gasteiger partial charge is 0.391 e. The summed E-state index contributed by atoms with van der Waals surface area (Å²) in [6.07, 6.45) is 11.8. The van der Waals surface area contributed by atoms with Crippen molar-refractivity contribution in [3.8, 4) is 0 Å². The second kappa shape index (κ2) is 21.6. The summed E-state index contributed by atoms with van der Waals surface area (Å²) in [5.41, 5.74) is 0. The molecule has 2 heterocycles. The number of aliphatic hydroxyl groups excluding tert-OH is 1. The van der Waals surface area contributed by atoms with Crippen molar-refractivity contribution in [3.05, 3.63) is 0 Å². The van der Waals surface area contributed by atoms with Crippen LogP contribution in [0, 0.1) is 11.8 Å². The first-order valence-electron chi connectivity index (χ1n) is 19.3. The fourth-order valence-electron chi connectivity index (χ4n) is 7.49. The summed E-state index contributed by atoms with van der Waals surface area (Å²) < 4.78 is 0. The molecule has 1 unspecified atom stereocenters. The first-order valence-corrected chi connectivity index (χ1v) is 20.7. The summed E-state index contributed by atoms with van der Waals surface area (Å²) in [4.78, 5) is 84.2. The lowest BCUT2D eigenvalue weighted by molar-refractivity contribution is -0.147. The van der Waals surface area contributed by atoms with Crippen molar-refractivity contribution >= 4 is 47.2 Å². The Kier molecular flexibility index (Phi) is 18.0. The fourth-order valence-corrected chi connectivity index (χ4v) is 7.97. The highest BCUT2D eigenvalue weighted by Crippen LogP contribution is 2.28. The summed E-state index contributed by atoms with van der Waals surface area (Å²) in [7, 11) is 0. The highest BCUT2D eigenvalue weighted by molar-refractivity contribution is 7.98. The number of nitrogens with zero attached hydrogens (tertiary/aromatic N) is 2. The second-order valence-corrected chi connectivity index (χ2v) is 15.9. The first kappa shape index (κ1) is 42.5. The van der Waals surface area contributed by atoms with Gasteiger partial charge in [-0.15, -0.1) is 0 Å². The Labute approximate surface area is 308 Å². The quantitative estimate of drug-likeness (QED) is 0.143. The van der Waals surface area contributed by atoms with Gasteiger partial charge in [0.2, 0.25) is 35.4 Å². The molecule has 0 aromatic heterocycles. The molecule has 6 atom stereocenters. The van der Waals surface area contributed by atoms with Crippen LogP contribution < -0.4 is 21.3 Å². The molecule has 0 radical (unpaired) electrons. The fraction of sp³-hybridized carbons (Fsp3) is 0.838. The maximum absolute atomic E-state index is 14.1. The predicted octanol–water partition coefficient (Wildman–Crippen LogP) is 2.49. The zero-order valence-electron chi connectivity index (χ0n) is 31.5. The normalized spacial score (nSPS) is 22.1. The summed E-state index contributed by atoms with van der Waals surface area (Å²) >= 11 is 1.53. The zero-order chi connectivity index (χ0) is 37.5. The Balaban J connectivity index is 1.70. The summed E-state index contributed by atoms with van der Waals surface area (Å²) in [5.74, 6) is -1.30. The monoisotopic (exact) mass is 736 g/mol. The van der Waals surface area contributed by atoms with Crippen molar-refractivity contribution < 1.29 is 33.9 Å². The SMILES string of the molecule is CCCNC(=O)[C@@H](NC(=O)[C@@H]1CCCN1C(=O)[C@H](CCSC)NC(=O)[C@@H]1CCCCN1C(=O)[C@@H](NC(=O)CCC1CCCCC1)C(C)C)C(C)O. The van der Waals surface area contributed by atoms with Crippen LogP contribution in [-0.4, -0.2) is 118 Å². The highest BCUT2D eigenvalue weighted by atomic mass is 32.2. The van der Waals surface area contributed by atoms with Gasteiger partial charge >= 0.3 is 0 Å². The maximum Gasteiger partial charge on any atom is 0.246 e. The standard InChI is InChI=1S/C37H64N6O7S/c1-6-20-38-35(48)32(25(4)44)41-34(47)29-16-12-22-42(29)36(49)27(19-23-51-5)39-33(46)28-15-10-11-21-43(28)37(50)31(24(2)3)40-30(45)18-17-26-13-8-7-9-14-26/h24-29,31-32,44H,6-23H2,1-5H3,(H,38,48)(H,39,46)(H,40,45)(H,41,47)/t25?,27-,28-,29-,31-,32-/m0/s1. The maximum atomic E-state index is 14.1. The smallest absolute Gasteiger partial charge is 0.246 e. The van der Waals surface area contributed by atoms with Gasteiger partial charge in [0, 0.05) is 26.1 Å². The second-order valence-electron chi connectivity index (χ2n) is 14.9. The molecule has 14 heteroatoms. The molecule has 0 bridgehead atoms. The molecule has 1 aliphatic carbocycles. The van der Waals surface area contributed by atoms with E-state index in [9.17, 15) is 33.9 Å². The van der Waals surface area contributed by atoms with Crippen LogP contribution in [0.5, 0.6) is 0 Å². The van der Waals surface area contributed by atoms with Crippen molar-refractivity contribution in [3.63, 3.8) is 0 Å². The number of carbonyl (C=O) groups excluding carboxylic acids is 6. The van der Waals surface area contributed by atoms with E-state index in [-0.39, 0.29) is 17.7 Å². The summed E-state index contributed by atoms with van der Waals surface area (Å²) in [6.45, 7) is 8.21. The molecule has 3 aliphatic rings. The van der Waals surface area contributed by atoms with Gasteiger partial charge in [0.1, 0.15) is 30.2 Å². The van der Waals surface area contributed by atoms with Gasteiger partial charge in [0.05, 0.1) is 6.10 Å². The minimum Gasteiger partial charge on any atom is -0.391 e. The van der Waals surface area contributed by atoms with E-state index in [1.807, 2.05) is 27.0 Å². The van der Waals surface area contributed by atoms with E-state index in [0.29, 0.717) is 69.8 Å². The Bertz CT molecular complexity index is 1180. The molecule has 51 heavy (non-hydrogen) atoms. The van der Waals surface area contributed by atoms with Gasteiger partial charge in [-0.1, -0.05) is 52.9 Å². The molecule has 13 nitrogen and oxygen atoms in total. The number of carbonyl (C=O) groups is 6. The third kappa shape index (κ3) is 12.6. The van der Waals surface area contributed by atoms with Crippen LogP contribution in [0.25, 0.3) is 0 Å². The van der Waals surface area contributed by atoms with Crippen LogP contribution in [0.3, 0.4) is 0 Å². The molecular weight excluding hydrogens is 673 g/mol. The number of hydrogen-bond acceptors (Lipinski definition) is 8. The highest BCUT2D eigenvalue weighted by Gasteiger charge is 2.42. The molecule has 290 valence electrons. The minimum absolute atomic E-state index is 0.140. The number of rotatable bonds is 18. The lowest BCUT2D eigenvalue weighted by Crippen LogP contribution is -2.61. The van der Waals surface area contributed by atoms with Gasteiger partial charge in [-0.05, 0) is 82.1 Å². The Hall–Kier alpha value is -2.87. The van der Waals surface area contributed by atoms with E-state index in [2.05, 4.69) is 21.3 Å². The van der Waals surface area contributed by atoms with E-state index >= 15 is 0 Å². The van der Waals surface area contributed by atoms with E-state index in [1.165, 1.54) is 42.8 Å². The van der Waals surface area contributed by atoms with Crippen molar-refractivity contribution in [2.24, 2.45) is 11.8 Å². The van der Waals surface area contributed by atoms with Gasteiger partial charge in [-0.2, -0.15) is 11.8 Å². The van der Waals surface area contributed by atoms with Crippen molar-refractivity contribution in [2.45, 2.75) is 154 Å². The predicted molar refractivity (Wildman–Crippen MR) is 199 cm³/mol. The number of thioether (sulfide) groups is 1. The van der Waals surface area contributed by atoms with Crippen molar-refractivity contribution in [1.29, 1.82) is 0 Å². The molecule has 3 fully saturated rings. The number of piperidine rings is 1. The van der Waals surface area contributed by atoms with Gasteiger partial charge < -0.3 is 36.2 Å². The molecule has 3 rings (SSSR count). The molecule has 6 amide bonds. The average Bonchev–Trinajstić information content (AvgIpc) is 3.62. The number of nitrogens with one attached hydrogen (secondary N) is 4. The molecule has 5 N–H and O–H groups in total. The van der Waals surface area contributed by atoms with Crippen LogP contribution in [0.15, 0.2) is 0 Å². The topological polar surface area (TPSA) is 177 Å². The first-order chi connectivity index (χ1) is 24.4. The van der Waals surface area contributed by atoms with Crippen LogP contribution in [0.4, 0.5) is 0 Å². The van der Waals surface area contributed by atoms with E-state index in [1.54, 1.807) is 4.90 Å². The molecule has 0 spiro atoms. The third-order valence-corrected chi connectivity index (χ3v) is 11.2. The molecule has 2 saturated heterocycles. The van der Waals surface area contributed by atoms with Crippen LogP contribution in [0.1, 0.15) is 118 Å². The van der Waals surface area contributed by atoms with Crippen molar-refractivity contribution in [1.82, 2.24) is 31.1 Å². The minimum atomic E-state index is -1.17. The Morgan fingerprint density at radius 3 is 2.00 bits per heavy atom. The van der Waals surface area contributed by atoms with E-state index in [4.69, 9.17) is 0 Å². The number of amides is 6. The molecule has 0 aromatic carbocycles.